The normalized spacial score (nSPS) is 13.3. The molecule has 0 bridgehead atoms. The first-order valence-corrected chi connectivity index (χ1v) is 22.1. The van der Waals surface area contributed by atoms with Crippen molar-refractivity contribution in [3.05, 3.63) is 12.3 Å². The third-order valence-electron chi connectivity index (χ3n) is 7.64. The molecule has 0 amide bonds. The van der Waals surface area contributed by atoms with Crippen LogP contribution < -0.4 is 8.90 Å². The maximum absolute atomic E-state index is 3.94. The molecule has 1 aromatic heterocycles. The van der Waals surface area contributed by atoms with Crippen molar-refractivity contribution in [3.63, 3.8) is 0 Å². The van der Waals surface area contributed by atoms with Crippen LogP contribution in [0.3, 0.4) is 0 Å². The fourth-order valence-corrected chi connectivity index (χ4v) is 32.8. The van der Waals surface area contributed by atoms with Crippen molar-refractivity contribution in [1.82, 2.24) is 4.98 Å². The van der Waals surface area contributed by atoms with Crippen molar-refractivity contribution in [3.8, 4) is 0 Å². The molecule has 1 aromatic rings. The van der Waals surface area contributed by atoms with Gasteiger partial charge in [0.1, 0.15) is 0 Å². The summed E-state index contributed by atoms with van der Waals surface area (Å²) in [6, 6.07) is 2.60. The van der Waals surface area contributed by atoms with Gasteiger partial charge >= 0.3 is 183 Å². The van der Waals surface area contributed by atoms with Crippen LogP contribution in [-0.4, -0.2) is 31.4 Å². The summed E-state index contributed by atoms with van der Waals surface area (Å²) >= 11 is -2.42. The van der Waals surface area contributed by atoms with E-state index in [1.165, 1.54) is 38.5 Å². The Morgan fingerprint density at radius 1 is 0.750 bits per heavy atom. The fourth-order valence-electron chi connectivity index (χ4n) is 6.36. The average Bonchev–Trinajstić information content (AvgIpc) is 3.11. The number of rotatable bonds is 14. The molecule has 0 aliphatic heterocycles. The first-order chi connectivity index (χ1) is 13.2. The van der Waals surface area contributed by atoms with Crippen LogP contribution in [0.25, 0.3) is 0 Å². The van der Waals surface area contributed by atoms with Crippen LogP contribution in [0.4, 0.5) is 0 Å². The van der Waals surface area contributed by atoms with E-state index in [-0.39, 0.29) is 0 Å². The van der Waals surface area contributed by atoms with E-state index in [4.69, 9.17) is 0 Å². The van der Waals surface area contributed by atoms with Gasteiger partial charge in [-0.15, -0.1) is 0 Å². The summed E-state index contributed by atoms with van der Waals surface area (Å²) in [5.41, 5.74) is 2.37. The molecule has 1 nitrogen and oxygen atoms in total. The Labute approximate surface area is 182 Å². The Morgan fingerprint density at radius 3 is 1.46 bits per heavy atom. The van der Waals surface area contributed by atoms with Crippen LogP contribution in [-0.2, 0) is 0 Å². The molecule has 0 aliphatic rings. The molecule has 1 rings (SSSR count). The molecule has 0 unspecified atom stereocenters. The monoisotopic (exact) mass is 513 g/mol. The molecule has 0 saturated carbocycles. The van der Waals surface area contributed by atoms with Gasteiger partial charge in [-0.2, -0.15) is 0 Å². The zero-order valence-corrected chi connectivity index (χ0v) is 24.6. The van der Waals surface area contributed by atoms with Gasteiger partial charge in [0.25, 0.3) is 0 Å². The molecular weight excluding hydrogens is 461 g/mol. The summed E-state index contributed by atoms with van der Waals surface area (Å²) in [5.74, 6) is 0. The predicted octanol–water partition coefficient (Wildman–Crippen LogP) is 7.96. The number of H-pyrrole nitrogens is 1. The van der Waals surface area contributed by atoms with Crippen molar-refractivity contribution in [1.29, 1.82) is 0 Å². The maximum atomic E-state index is 3.94. The SMILES string of the molecule is CCC[CH2][Sn]([CH2]CCC)([CH2]CCC)[c]1cc[nH]c1[Si](C(C)C)(C(C)C)C(C)C. The van der Waals surface area contributed by atoms with Crippen molar-refractivity contribution in [2.24, 2.45) is 0 Å². The topological polar surface area (TPSA) is 15.8 Å². The zero-order chi connectivity index (χ0) is 21.4. The molecular formula is C25H51NSiSn. The number of nitrogens with one attached hydrogen (secondary N) is 1. The van der Waals surface area contributed by atoms with Crippen LogP contribution >= 0.6 is 0 Å². The standard InChI is InChI=1S/C13H24NSi.3C4H9.Sn/c1-10(2)15(11(3)4,12(5)6)13-8-7-9-14-13;3*1-3-4-2;/h7,9-12,14H,1-6H3;3*1,3-4H2,2H3;. The van der Waals surface area contributed by atoms with Gasteiger partial charge in [-0.25, -0.2) is 0 Å². The van der Waals surface area contributed by atoms with Gasteiger partial charge in [-0.3, -0.25) is 0 Å². The fraction of sp³-hybridized carbons (Fsp3) is 0.840. The summed E-state index contributed by atoms with van der Waals surface area (Å²) in [6.45, 7) is 22.3. The van der Waals surface area contributed by atoms with Crippen LogP contribution in [0.5, 0.6) is 0 Å². The van der Waals surface area contributed by atoms with Gasteiger partial charge in [-0.1, -0.05) is 0 Å². The number of aromatic nitrogens is 1. The van der Waals surface area contributed by atoms with E-state index < -0.39 is 26.5 Å². The summed E-state index contributed by atoms with van der Waals surface area (Å²) in [6.07, 6.45) is 10.8. The second kappa shape index (κ2) is 12.2. The van der Waals surface area contributed by atoms with E-state index in [0.717, 1.165) is 16.6 Å². The summed E-state index contributed by atoms with van der Waals surface area (Å²) in [7, 11) is -1.63. The second-order valence-corrected chi connectivity index (χ2v) is 29.2. The minimum absolute atomic E-state index is 0.789. The van der Waals surface area contributed by atoms with Crippen molar-refractivity contribution in [2.45, 2.75) is 131 Å². The minimum atomic E-state index is -2.42. The Kier molecular flexibility index (Phi) is 11.5. The molecule has 0 radical (unpaired) electrons. The first kappa shape index (κ1) is 26.3. The first-order valence-electron chi connectivity index (χ1n) is 12.4. The van der Waals surface area contributed by atoms with Crippen LogP contribution in [0.15, 0.2) is 12.3 Å². The van der Waals surface area contributed by atoms with Gasteiger partial charge in [0, 0.05) is 0 Å². The molecule has 1 N–H and O–H groups in total. The van der Waals surface area contributed by atoms with E-state index in [1.807, 2.05) is 3.58 Å². The summed E-state index contributed by atoms with van der Waals surface area (Å²) in [4.78, 5) is 3.94. The number of hydrogen-bond donors (Lipinski definition) is 1. The molecule has 28 heavy (non-hydrogen) atoms. The molecule has 3 heteroatoms. The molecule has 1 heterocycles. The Bertz CT molecular complexity index is 503. The summed E-state index contributed by atoms with van der Waals surface area (Å²) in [5, 5.41) is 1.80. The number of unbranched alkanes of at least 4 members (excludes halogenated alkanes) is 3. The Morgan fingerprint density at radius 2 is 1.14 bits per heavy atom. The van der Waals surface area contributed by atoms with Crippen LogP contribution in [0.1, 0.15) is 101 Å². The van der Waals surface area contributed by atoms with Crippen molar-refractivity contribution in [2.75, 3.05) is 0 Å². The third kappa shape index (κ3) is 5.50. The molecule has 164 valence electrons. The van der Waals surface area contributed by atoms with E-state index in [9.17, 15) is 0 Å². The van der Waals surface area contributed by atoms with E-state index >= 15 is 0 Å². The molecule has 0 atom stereocenters. The third-order valence-corrected chi connectivity index (χ3v) is 31.0. The second-order valence-electron chi connectivity index (χ2n) is 10.3. The van der Waals surface area contributed by atoms with E-state index in [1.54, 1.807) is 18.6 Å². The van der Waals surface area contributed by atoms with E-state index in [2.05, 4.69) is 79.6 Å². The van der Waals surface area contributed by atoms with Crippen molar-refractivity contribution >= 4 is 35.3 Å². The number of aromatic amines is 1. The van der Waals surface area contributed by atoms with Gasteiger partial charge in [-0.05, 0) is 0 Å². The molecule has 0 aliphatic carbocycles. The quantitative estimate of drug-likeness (QED) is 0.244. The van der Waals surface area contributed by atoms with Crippen LogP contribution in [0, 0.1) is 0 Å². The molecule has 0 fully saturated rings. The van der Waals surface area contributed by atoms with Gasteiger partial charge < -0.3 is 0 Å². The van der Waals surface area contributed by atoms with Crippen LogP contribution in [0.2, 0.25) is 29.9 Å². The molecule has 0 spiro atoms. The molecule has 0 aromatic carbocycles. The van der Waals surface area contributed by atoms with E-state index in [0.29, 0.717) is 0 Å². The van der Waals surface area contributed by atoms with Crippen molar-refractivity contribution < 1.29 is 0 Å². The van der Waals surface area contributed by atoms with Gasteiger partial charge in [0.2, 0.25) is 0 Å². The molecule has 0 saturated heterocycles. The zero-order valence-electron chi connectivity index (χ0n) is 20.8. The van der Waals surface area contributed by atoms with Gasteiger partial charge in [0.05, 0.1) is 0 Å². The Hall–Kier alpha value is 0.296. The number of hydrogen-bond acceptors (Lipinski definition) is 0. The summed E-state index contributed by atoms with van der Waals surface area (Å²) < 4.78 is 6.67. The van der Waals surface area contributed by atoms with Gasteiger partial charge in [0.15, 0.2) is 0 Å². The average molecular weight is 512 g/mol. The Balaban J connectivity index is 3.65. The predicted molar refractivity (Wildman–Crippen MR) is 136 cm³/mol.